The van der Waals surface area contributed by atoms with Crippen molar-refractivity contribution in [2.24, 2.45) is 0 Å². The SMILES string of the molecule is Cc1nc2ccccc2nc1CN1C(=O)NC2(CCOc3ccccc32)C1=O. The van der Waals surface area contributed by atoms with E-state index in [0.29, 0.717) is 35.7 Å². The van der Waals surface area contributed by atoms with Crippen molar-refractivity contribution in [2.45, 2.75) is 25.4 Å². The summed E-state index contributed by atoms with van der Waals surface area (Å²) in [5.41, 5.74) is 2.46. The monoisotopic (exact) mass is 374 g/mol. The highest BCUT2D eigenvalue weighted by Crippen LogP contribution is 2.41. The zero-order chi connectivity index (χ0) is 19.3. The summed E-state index contributed by atoms with van der Waals surface area (Å²) in [5, 5.41) is 2.91. The number of benzene rings is 2. The van der Waals surface area contributed by atoms with Crippen LogP contribution in [0.2, 0.25) is 0 Å². The van der Waals surface area contributed by atoms with Crippen LogP contribution < -0.4 is 10.1 Å². The standard InChI is InChI=1S/C21H18N4O3/c1-13-17(23-16-8-4-3-7-15(16)22-13)12-25-19(26)21(24-20(25)27)10-11-28-18-9-5-2-6-14(18)21/h2-9H,10-12H2,1H3,(H,24,27). The Labute approximate surface area is 161 Å². The second kappa shape index (κ2) is 6.02. The van der Waals surface area contributed by atoms with Crippen molar-refractivity contribution < 1.29 is 14.3 Å². The summed E-state index contributed by atoms with van der Waals surface area (Å²) in [6, 6.07) is 14.5. The van der Waals surface area contributed by atoms with Crippen LogP contribution in [0.4, 0.5) is 4.79 Å². The zero-order valence-corrected chi connectivity index (χ0v) is 15.3. The van der Waals surface area contributed by atoms with E-state index in [0.717, 1.165) is 11.0 Å². The Morgan fingerprint density at radius 2 is 1.79 bits per heavy atom. The lowest BCUT2D eigenvalue weighted by molar-refractivity contribution is -0.133. The molecule has 0 radical (unpaired) electrons. The number of hydrogen-bond donors (Lipinski definition) is 1. The van der Waals surface area contributed by atoms with E-state index in [1.165, 1.54) is 4.90 Å². The fraction of sp³-hybridized carbons (Fsp3) is 0.238. The number of nitrogens with one attached hydrogen (secondary N) is 1. The summed E-state index contributed by atoms with van der Waals surface area (Å²) in [7, 11) is 0. The first-order chi connectivity index (χ1) is 13.6. The molecule has 3 aromatic rings. The van der Waals surface area contributed by atoms with Crippen molar-refractivity contribution in [3.05, 3.63) is 65.5 Å². The Morgan fingerprint density at radius 1 is 1.07 bits per heavy atom. The fourth-order valence-electron chi connectivity index (χ4n) is 3.94. The number of nitrogens with zero attached hydrogens (tertiary/aromatic N) is 3. The molecular weight excluding hydrogens is 356 g/mol. The Hall–Kier alpha value is -3.48. The van der Waals surface area contributed by atoms with Gasteiger partial charge in [-0.15, -0.1) is 0 Å². The van der Waals surface area contributed by atoms with E-state index in [-0.39, 0.29) is 12.5 Å². The summed E-state index contributed by atoms with van der Waals surface area (Å²) in [5.74, 6) is 0.355. The van der Waals surface area contributed by atoms with E-state index in [1.807, 2.05) is 55.5 Å². The lowest BCUT2D eigenvalue weighted by Crippen LogP contribution is -2.47. The molecule has 1 atom stereocenters. The quantitative estimate of drug-likeness (QED) is 0.697. The number of rotatable bonds is 2. The molecule has 0 saturated carbocycles. The predicted octanol–water partition coefficient (Wildman–Crippen LogP) is 2.67. The molecule has 2 aliphatic rings. The molecular formula is C21H18N4O3. The summed E-state index contributed by atoms with van der Waals surface area (Å²) in [4.78, 5) is 36.5. The highest BCUT2D eigenvalue weighted by atomic mass is 16.5. The van der Waals surface area contributed by atoms with E-state index < -0.39 is 11.6 Å². The van der Waals surface area contributed by atoms with Crippen LogP contribution in [0.3, 0.4) is 0 Å². The molecule has 28 heavy (non-hydrogen) atoms. The third-order valence-electron chi connectivity index (χ3n) is 5.41. The van der Waals surface area contributed by atoms with Gasteiger partial charge >= 0.3 is 6.03 Å². The molecule has 7 nitrogen and oxygen atoms in total. The Kier molecular flexibility index (Phi) is 3.58. The molecule has 2 aromatic carbocycles. The average Bonchev–Trinajstić information content (AvgIpc) is 2.93. The number of urea groups is 1. The highest BCUT2D eigenvalue weighted by molar-refractivity contribution is 6.07. The van der Waals surface area contributed by atoms with Crippen LogP contribution in [0.1, 0.15) is 23.4 Å². The second-order valence-corrected chi connectivity index (χ2v) is 7.07. The number of para-hydroxylation sites is 3. The zero-order valence-electron chi connectivity index (χ0n) is 15.3. The lowest BCUT2D eigenvalue weighted by Gasteiger charge is -2.33. The topological polar surface area (TPSA) is 84.4 Å². The van der Waals surface area contributed by atoms with Gasteiger partial charge in [-0.25, -0.2) is 14.8 Å². The molecule has 1 N–H and O–H groups in total. The first kappa shape index (κ1) is 16.7. The van der Waals surface area contributed by atoms with Crippen LogP contribution in [-0.4, -0.2) is 33.4 Å². The van der Waals surface area contributed by atoms with Crippen molar-refractivity contribution in [3.8, 4) is 5.75 Å². The van der Waals surface area contributed by atoms with Crippen LogP contribution in [-0.2, 0) is 16.9 Å². The number of fused-ring (bicyclic) bond motifs is 3. The first-order valence-corrected chi connectivity index (χ1v) is 9.17. The van der Waals surface area contributed by atoms with Crippen molar-refractivity contribution in [1.82, 2.24) is 20.2 Å². The minimum Gasteiger partial charge on any atom is -0.493 e. The van der Waals surface area contributed by atoms with Crippen LogP contribution in [0.15, 0.2) is 48.5 Å². The number of amides is 3. The molecule has 0 aliphatic carbocycles. The van der Waals surface area contributed by atoms with Gasteiger partial charge in [0.1, 0.15) is 5.75 Å². The molecule has 2 aliphatic heterocycles. The van der Waals surface area contributed by atoms with Crippen LogP contribution >= 0.6 is 0 Å². The maximum Gasteiger partial charge on any atom is 0.325 e. The smallest absolute Gasteiger partial charge is 0.325 e. The maximum absolute atomic E-state index is 13.4. The number of carbonyl (C=O) groups excluding carboxylic acids is 2. The molecule has 5 rings (SSSR count). The third-order valence-corrected chi connectivity index (χ3v) is 5.41. The van der Waals surface area contributed by atoms with Gasteiger partial charge in [-0.3, -0.25) is 9.69 Å². The van der Waals surface area contributed by atoms with Crippen molar-refractivity contribution >= 4 is 23.0 Å². The minimum absolute atomic E-state index is 0.0824. The number of ether oxygens (including phenoxy) is 1. The third kappa shape index (κ3) is 2.36. The van der Waals surface area contributed by atoms with Gasteiger partial charge in [-0.1, -0.05) is 30.3 Å². The molecule has 1 fully saturated rings. The number of aromatic nitrogens is 2. The lowest BCUT2D eigenvalue weighted by atomic mass is 9.84. The molecule has 140 valence electrons. The first-order valence-electron chi connectivity index (χ1n) is 9.17. The Balaban J connectivity index is 1.52. The van der Waals surface area contributed by atoms with Crippen LogP contribution in [0.25, 0.3) is 11.0 Å². The predicted molar refractivity (Wildman–Crippen MR) is 102 cm³/mol. The molecule has 1 saturated heterocycles. The van der Waals surface area contributed by atoms with Crippen LogP contribution in [0, 0.1) is 6.92 Å². The van der Waals surface area contributed by atoms with E-state index in [9.17, 15) is 9.59 Å². The van der Waals surface area contributed by atoms with E-state index in [4.69, 9.17) is 4.74 Å². The number of hydrogen-bond acceptors (Lipinski definition) is 5. The second-order valence-electron chi connectivity index (χ2n) is 7.07. The molecule has 7 heteroatoms. The molecule has 1 spiro atoms. The summed E-state index contributed by atoms with van der Waals surface area (Å²) < 4.78 is 5.67. The van der Waals surface area contributed by atoms with E-state index >= 15 is 0 Å². The highest BCUT2D eigenvalue weighted by Gasteiger charge is 2.54. The van der Waals surface area contributed by atoms with Gasteiger partial charge in [0.05, 0.1) is 35.6 Å². The number of carbonyl (C=O) groups is 2. The van der Waals surface area contributed by atoms with E-state index in [2.05, 4.69) is 15.3 Å². The molecule has 0 bridgehead atoms. The number of aryl methyl sites for hydroxylation is 1. The molecule has 3 amide bonds. The molecule has 3 heterocycles. The number of imide groups is 1. The van der Waals surface area contributed by atoms with Gasteiger partial charge in [-0.05, 0) is 25.1 Å². The largest absolute Gasteiger partial charge is 0.493 e. The molecule has 1 aromatic heterocycles. The van der Waals surface area contributed by atoms with Crippen molar-refractivity contribution in [3.63, 3.8) is 0 Å². The van der Waals surface area contributed by atoms with E-state index in [1.54, 1.807) is 0 Å². The fourth-order valence-corrected chi connectivity index (χ4v) is 3.94. The van der Waals surface area contributed by atoms with Gasteiger partial charge in [0, 0.05) is 12.0 Å². The summed E-state index contributed by atoms with van der Waals surface area (Å²) in [6.07, 6.45) is 0.396. The summed E-state index contributed by atoms with van der Waals surface area (Å²) in [6.45, 7) is 2.29. The van der Waals surface area contributed by atoms with Gasteiger partial charge in [-0.2, -0.15) is 0 Å². The molecule has 1 unspecified atom stereocenters. The normalized spacial score (nSPS) is 21.0. The Morgan fingerprint density at radius 3 is 2.61 bits per heavy atom. The summed E-state index contributed by atoms with van der Waals surface area (Å²) >= 11 is 0. The van der Waals surface area contributed by atoms with Gasteiger partial charge in [0.2, 0.25) is 0 Å². The van der Waals surface area contributed by atoms with Gasteiger partial charge in [0.15, 0.2) is 5.54 Å². The maximum atomic E-state index is 13.4. The van der Waals surface area contributed by atoms with Crippen molar-refractivity contribution in [1.29, 1.82) is 0 Å². The van der Waals surface area contributed by atoms with Crippen molar-refractivity contribution in [2.75, 3.05) is 6.61 Å². The average molecular weight is 374 g/mol. The Bertz CT molecular complexity index is 1130. The minimum atomic E-state index is -1.08. The van der Waals surface area contributed by atoms with Gasteiger partial charge < -0.3 is 10.1 Å². The van der Waals surface area contributed by atoms with Gasteiger partial charge in [0.25, 0.3) is 5.91 Å². The van der Waals surface area contributed by atoms with Crippen LogP contribution in [0.5, 0.6) is 5.75 Å².